The van der Waals surface area contributed by atoms with Gasteiger partial charge in [0, 0.05) is 0 Å². The second kappa shape index (κ2) is 4.38. The number of carbonyl (C=O) groups excluding carboxylic acids is 1. The molecule has 2 N–H and O–H groups in total. The number of aryl methyl sites for hydroxylation is 1. The number of aromatic nitrogens is 1. The van der Waals surface area contributed by atoms with E-state index in [9.17, 15) is 9.59 Å². The minimum absolute atomic E-state index is 0.0902. The van der Waals surface area contributed by atoms with Gasteiger partial charge in [-0.05, 0) is 18.4 Å². The lowest BCUT2D eigenvalue weighted by Gasteiger charge is -2.02. The zero-order chi connectivity index (χ0) is 12.4. The van der Waals surface area contributed by atoms with Crippen molar-refractivity contribution in [1.29, 1.82) is 0 Å². The highest BCUT2D eigenvalue weighted by Crippen LogP contribution is 2.23. The third-order valence-electron chi connectivity index (χ3n) is 2.10. The van der Waals surface area contributed by atoms with Crippen molar-refractivity contribution in [3.8, 4) is 0 Å². The Kier molecular flexibility index (Phi) is 2.92. The zero-order valence-electron chi connectivity index (χ0n) is 8.76. The van der Waals surface area contributed by atoms with Gasteiger partial charge in [-0.25, -0.2) is 4.79 Å². The second-order valence-corrected chi connectivity index (χ2v) is 4.13. The lowest BCUT2D eigenvalue weighted by atomic mass is 10.2. The Morgan fingerprint density at radius 2 is 2.29 bits per heavy atom. The van der Waals surface area contributed by atoms with Gasteiger partial charge in [-0.15, -0.1) is 11.3 Å². The number of carbonyl (C=O) groups is 2. The maximum absolute atomic E-state index is 11.8. The highest BCUT2D eigenvalue weighted by atomic mass is 32.1. The van der Waals surface area contributed by atoms with Gasteiger partial charge in [0.1, 0.15) is 16.2 Å². The number of nitrogens with one attached hydrogen (secondary N) is 1. The molecular weight excluding hydrogens is 244 g/mol. The lowest BCUT2D eigenvalue weighted by Crippen LogP contribution is -2.13. The molecule has 7 heteroatoms. The molecule has 17 heavy (non-hydrogen) atoms. The van der Waals surface area contributed by atoms with Crippen molar-refractivity contribution < 1.29 is 19.2 Å². The summed E-state index contributed by atoms with van der Waals surface area (Å²) in [4.78, 5) is 22.7. The van der Waals surface area contributed by atoms with Crippen LogP contribution in [0.4, 0.5) is 5.69 Å². The van der Waals surface area contributed by atoms with E-state index in [-0.39, 0.29) is 16.1 Å². The maximum Gasteiger partial charge on any atom is 0.348 e. The molecule has 2 aromatic rings. The lowest BCUT2D eigenvalue weighted by molar-refractivity contribution is 0.0703. The van der Waals surface area contributed by atoms with E-state index in [1.54, 1.807) is 12.3 Å². The number of rotatable bonds is 3. The molecule has 2 aromatic heterocycles. The molecule has 0 unspecified atom stereocenters. The molecule has 0 bridgehead atoms. The van der Waals surface area contributed by atoms with E-state index < -0.39 is 11.9 Å². The van der Waals surface area contributed by atoms with Crippen molar-refractivity contribution in [2.24, 2.45) is 0 Å². The fraction of sp³-hybridized carbons (Fsp3) is 0.100. The summed E-state index contributed by atoms with van der Waals surface area (Å²) in [6.07, 6.45) is 1.29. The number of amides is 1. The number of hydrogen-bond acceptors (Lipinski definition) is 5. The molecule has 2 rings (SSSR count). The summed E-state index contributed by atoms with van der Waals surface area (Å²) >= 11 is 1.05. The Balaban J connectivity index is 2.22. The Labute approximate surface area is 99.9 Å². The fourth-order valence-electron chi connectivity index (χ4n) is 1.28. The van der Waals surface area contributed by atoms with Crippen molar-refractivity contribution in [3.63, 3.8) is 0 Å². The van der Waals surface area contributed by atoms with Crippen LogP contribution in [0, 0.1) is 6.92 Å². The van der Waals surface area contributed by atoms with Gasteiger partial charge in [0.25, 0.3) is 5.91 Å². The van der Waals surface area contributed by atoms with Crippen LogP contribution in [0.5, 0.6) is 0 Å². The van der Waals surface area contributed by atoms with Crippen LogP contribution in [0.3, 0.4) is 0 Å². The van der Waals surface area contributed by atoms with Crippen LogP contribution in [0.1, 0.15) is 25.8 Å². The Morgan fingerprint density at radius 1 is 1.53 bits per heavy atom. The summed E-state index contributed by atoms with van der Waals surface area (Å²) in [5.41, 5.74) is 0.556. The molecule has 0 aliphatic rings. The van der Waals surface area contributed by atoms with Crippen LogP contribution >= 0.6 is 11.3 Å². The molecule has 88 valence electrons. The summed E-state index contributed by atoms with van der Waals surface area (Å²) in [6.45, 7) is 1.60. The van der Waals surface area contributed by atoms with E-state index in [0.717, 1.165) is 11.3 Å². The first-order valence-electron chi connectivity index (χ1n) is 4.63. The first-order valence-corrected chi connectivity index (χ1v) is 5.51. The van der Waals surface area contributed by atoms with Gasteiger partial charge < -0.3 is 14.9 Å². The molecular formula is C10H8N2O4S. The van der Waals surface area contributed by atoms with Crippen LogP contribution in [-0.4, -0.2) is 22.1 Å². The second-order valence-electron chi connectivity index (χ2n) is 3.22. The minimum atomic E-state index is -1.07. The van der Waals surface area contributed by atoms with E-state index in [2.05, 4.69) is 10.5 Å². The van der Waals surface area contributed by atoms with Gasteiger partial charge >= 0.3 is 5.97 Å². The first kappa shape index (κ1) is 11.3. The quantitative estimate of drug-likeness (QED) is 0.871. The topological polar surface area (TPSA) is 92.4 Å². The molecule has 2 heterocycles. The monoisotopic (exact) mass is 252 g/mol. The molecule has 0 saturated heterocycles. The number of hydrogen-bond donors (Lipinski definition) is 2. The third-order valence-corrected chi connectivity index (χ3v) is 3.01. The van der Waals surface area contributed by atoms with Crippen LogP contribution < -0.4 is 5.32 Å². The number of carboxylic acids is 1. The Bertz CT molecular complexity index is 572. The number of thiophene rings is 1. The Morgan fingerprint density at radius 3 is 2.88 bits per heavy atom. The molecule has 6 nitrogen and oxygen atoms in total. The third kappa shape index (κ3) is 2.18. The summed E-state index contributed by atoms with van der Waals surface area (Å²) in [6, 6.07) is 1.54. The highest BCUT2D eigenvalue weighted by Gasteiger charge is 2.17. The summed E-state index contributed by atoms with van der Waals surface area (Å²) in [5, 5.41) is 16.5. The molecule has 0 aliphatic carbocycles. The van der Waals surface area contributed by atoms with Crippen LogP contribution in [-0.2, 0) is 0 Å². The smallest absolute Gasteiger partial charge is 0.348 e. The highest BCUT2D eigenvalue weighted by molar-refractivity contribution is 7.12. The average molecular weight is 252 g/mol. The minimum Gasteiger partial charge on any atom is -0.477 e. The molecule has 0 atom stereocenters. The van der Waals surface area contributed by atoms with Crippen molar-refractivity contribution in [2.45, 2.75) is 6.92 Å². The van der Waals surface area contributed by atoms with Crippen LogP contribution in [0.25, 0.3) is 0 Å². The van der Waals surface area contributed by atoms with E-state index in [4.69, 9.17) is 9.63 Å². The summed E-state index contributed by atoms with van der Waals surface area (Å²) in [7, 11) is 0. The number of nitrogens with zero attached hydrogens (tertiary/aromatic N) is 1. The zero-order valence-corrected chi connectivity index (χ0v) is 9.58. The summed E-state index contributed by atoms with van der Waals surface area (Å²) in [5.74, 6) is -1.13. The van der Waals surface area contributed by atoms with Crippen molar-refractivity contribution >= 4 is 28.9 Å². The van der Waals surface area contributed by atoms with Gasteiger partial charge in [0.2, 0.25) is 0 Å². The van der Waals surface area contributed by atoms with E-state index in [1.807, 2.05) is 0 Å². The van der Waals surface area contributed by atoms with Gasteiger partial charge in [0.05, 0.1) is 11.9 Å². The van der Waals surface area contributed by atoms with Gasteiger partial charge in [-0.1, -0.05) is 5.16 Å². The molecule has 0 radical (unpaired) electrons. The number of anilines is 1. The predicted molar refractivity (Wildman–Crippen MR) is 60.5 cm³/mol. The molecule has 1 amide bonds. The van der Waals surface area contributed by atoms with E-state index >= 15 is 0 Å². The number of aromatic carboxylic acids is 1. The standard InChI is InChI=1S/C10H8N2O4S/c1-5-6(4-11-16-5)9(13)12-7-2-3-17-8(7)10(14)15/h2-4H,1H3,(H,12,13)(H,14,15). The van der Waals surface area contributed by atoms with Gasteiger partial charge in [0.15, 0.2) is 0 Å². The van der Waals surface area contributed by atoms with Crippen molar-refractivity contribution in [1.82, 2.24) is 5.16 Å². The van der Waals surface area contributed by atoms with E-state index in [0.29, 0.717) is 5.76 Å². The van der Waals surface area contributed by atoms with E-state index in [1.165, 1.54) is 12.3 Å². The van der Waals surface area contributed by atoms with Crippen molar-refractivity contribution in [3.05, 3.63) is 33.8 Å². The normalized spacial score (nSPS) is 10.2. The van der Waals surface area contributed by atoms with Crippen molar-refractivity contribution in [2.75, 3.05) is 5.32 Å². The summed E-state index contributed by atoms with van der Waals surface area (Å²) < 4.78 is 4.76. The average Bonchev–Trinajstić information content (AvgIpc) is 2.86. The fourth-order valence-corrected chi connectivity index (χ4v) is 1.97. The SMILES string of the molecule is Cc1oncc1C(=O)Nc1ccsc1C(=O)O. The molecule has 0 aliphatic heterocycles. The molecule has 0 saturated carbocycles. The van der Waals surface area contributed by atoms with Crippen LogP contribution in [0.15, 0.2) is 22.2 Å². The molecule has 0 spiro atoms. The maximum atomic E-state index is 11.8. The first-order chi connectivity index (χ1) is 8.09. The van der Waals surface area contributed by atoms with Crippen LogP contribution in [0.2, 0.25) is 0 Å². The van der Waals surface area contributed by atoms with Gasteiger partial charge in [-0.2, -0.15) is 0 Å². The molecule has 0 fully saturated rings. The largest absolute Gasteiger partial charge is 0.477 e. The Hall–Kier alpha value is -2.15. The van der Waals surface area contributed by atoms with Gasteiger partial charge in [-0.3, -0.25) is 4.79 Å². The molecule has 0 aromatic carbocycles. The number of carboxylic acid groups (broad SMARTS) is 1. The predicted octanol–water partition coefficient (Wildman–Crippen LogP) is 2.00.